The minimum Gasteiger partial charge on any atom is -0.497 e. The van der Waals surface area contributed by atoms with Crippen molar-refractivity contribution in [2.75, 3.05) is 12.4 Å². The van der Waals surface area contributed by atoms with E-state index in [0.717, 1.165) is 5.56 Å². The first-order chi connectivity index (χ1) is 11.9. The summed E-state index contributed by atoms with van der Waals surface area (Å²) in [7, 11) is 1.57. The van der Waals surface area contributed by atoms with Crippen LogP contribution in [-0.2, 0) is 9.59 Å². The van der Waals surface area contributed by atoms with Gasteiger partial charge in [-0.1, -0.05) is 35.3 Å². The number of carbonyl (C=O) groups excluding carboxylic acids is 2. The Morgan fingerprint density at radius 3 is 2.40 bits per heavy atom. The molecule has 0 aliphatic rings. The molecule has 0 aromatic heterocycles. The van der Waals surface area contributed by atoms with Crippen LogP contribution in [0.4, 0.5) is 5.69 Å². The lowest BCUT2D eigenvalue weighted by Crippen LogP contribution is -2.29. The molecule has 0 radical (unpaired) electrons. The van der Waals surface area contributed by atoms with Crippen LogP contribution in [0.3, 0.4) is 0 Å². The molecule has 0 saturated heterocycles. The maximum absolute atomic E-state index is 12.4. The Balaban J connectivity index is 2.13. The van der Waals surface area contributed by atoms with E-state index in [4.69, 9.17) is 27.9 Å². The molecule has 2 N–H and O–H groups in total. The minimum atomic E-state index is -0.471. The van der Waals surface area contributed by atoms with Gasteiger partial charge in [0.05, 0.1) is 30.3 Å². The number of amides is 2. The summed E-state index contributed by atoms with van der Waals surface area (Å²) in [6.45, 7) is 1.41. The number of carbonyl (C=O) groups is 2. The summed E-state index contributed by atoms with van der Waals surface area (Å²) in [6, 6.07) is 11.5. The van der Waals surface area contributed by atoms with Crippen LogP contribution in [0.5, 0.6) is 5.75 Å². The monoisotopic (exact) mass is 380 g/mol. The first-order valence-electron chi connectivity index (χ1n) is 7.55. The number of methoxy groups -OCH3 is 1. The molecule has 2 aromatic carbocycles. The molecule has 0 bridgehead atoms. The van der Waals surface area contributed by atoms with Crippen molar-refractivity contribution >= 4 is 40.7 Å². The van der Waals surface area contributed by atoms with Crippen molar-refractivity contribution in [1.29, 1.82) is 0 Å². The van der Waals surface area contributed by atoms with Crippen LogP contribution in [0.2, 0.25) is 10.0 Å². The van der Waals surface area contributed by atoms with Crippen molar-refractivity contribution in [1.82, 2.24) is 5.32 Å². The number of nitrogens with one attached hydrogen (secondary N) is 2. The summed E-state index contributed by atoms with van der Waals surface area (Å²) in [5.41, 5.74) is 1.22. The van der Waals surface area contributed by atoms with Gasteiger partial charge in [0, 0.05) is 11.9 Å². The van der Waals surface area contributed by atoms with Crippen molar-refractivity contribution in [3.05, 3.63) is 58.1 Å². The molecule has 0 spiro atoms. The van der Waals surface area contributed by atoms with Crippen molar-refractivity contribution in [2.24, 2.45) is 0 Å². The number of halogens is 2. The molecule has 0 unspecified atom stereocenters. The third-order valence-corrected chi connectivity index (χ3v) is 4.05. The van der Waals surface area contributed by atoms with Crippen LogP contribution < -0.4 is 15.4 Å². The number of rotatable bonds is 6. The highest BCUT2D eigenvalue weighted by Gasteiger charge is 2.18. The Hall–Kier alpha value is -2.24. The van der Waals surface area contributed by atoms with E-state index in [0.29, 0.717) is 21.5 Å². The fourth-order valence-electron chi connectivity index (χ4n) is 2.31. The Morgan fingerprint density at radius 2 is 1.80 bits per heavy atom. The maximum atomic E-state index is 12.4. The molecule has 5 nitrogen and oxygen atoms in total. The van der Waals surface area contributed by atoms with Crippen LogP contribution in [0.15, 0.2) is 42.5 Å². The average molecular weight is 381 g/mol. The minimum absolute atomic E-state index is 0.0503. The molecule has 0 saturated carbocycles. The molecular formula is C18H18Cl2N2O3. The van der Waals surface area contributed by atoms with Gasteiger partial charge in [0.15, 0.2) is 0 Å². The number of anilines is 1. The van der Waals surface area contributed by atoms with Gasteiger partial charge in [0.25, 0.3) is 0 Å². The van der Waals surface area contributed by atoms with Crippen molar-refractivity contribution < 1.29 is 14.3 Å². The van der Waals surface area contributed by atoms with Gasteiger partial charge in [0.1, 0.15) is 5.75 Å². The summed E-state index contributed by atoms with van der Waals surface area (Å²) < 4.78 is 5.12. The SMILES string of the molecule is COc1ccc([C@@H](CC(=O)Nc2cc(Cl)ccc2Cl)NC(C)=O)cc1. The van der Waals surface area contributed by atoms with Gasteiger partial charge < -0.3 is 15.4 Å². The van der Waals surface area contributed by atoms with E-state index in [1.165, 1.54) is 6.92 Å². The van der Waals surface area contributed by atoms with Gasteiger partial charge in [-0.05, 0) is 35.9 Å². The van der Waals surface area contributed by atoms with Gasteiger partial charge in [-0.25, -0.2) is 0 Å². The molecule has 1 atom stereocenters. The molecular weight excluding hydrogens is 363 g/mol. The Labute approximate surface area is 156 Å². The lowest BCUT2D eigenvalue weighted by molar-refractivity contribution is -0.120. The molecule has 2 aromatic rings. The molecule has 0 fully saturated rings. The zero-order valence-corrected chi connectivity index (χ0v) is 15.3. The van der Waals surface area contributed by atoms with E-state index in [9.17, 15) is 9.59 Å². The van der Waals surface area contributed by atoms with Crippen molar-refractivity contribution in [3.8, 4) is 5.75 Å². The van der Waals surface area contributed by atoms with E-state index in [1.54, 1.807) is 49.6 Å². The van der Waals surface area contributed by atoms with E-state index < -0.39 is 6.04 Å². The van der Waals surface area contributed by atoms with Crippen LogP contribution in [0, 0.1) is 0 Å². The molecule has 25 heavy (non-hydrogen) atoms. The van der Waals surface area contributed by atoms with Gasteiger partial charge in [-0.3, -0.25) is 9.59 Å². The molecule has 0 aliphatic carbocycles. The largest absolute Gasteiger partial charge is 0.497 e. The van der Waals surface area contributed by atoms with Crippen molar-refractivity contribution in [2.45, 2.75) is 19.4 Å². The predicted molar refractivity (Wildman–Crippen MR) is 99.3 cm³/mol. The Bertz CT molecular complexity index is 763. The molecule has 0 aliphatic heterocycles. The normalized spacial score (nSPS) is 11.5. The predicted octanol–water partition coefficient (Wildman–Crippen LogP) is 4.21. The van der Waals surface area contributed by atoms with Crippen LogP contribution in [0.25, 0.3) is 0 Å². The number of ether oxygens (including phenoxy) is 1. The van der Waals surface area contributed by atoms with Crippen molar-refractivity contribution in [3.63, 3.8) is 0 Å². The summed E-state index contributed by atoms with van der Waals surface area (Å²) in [4.78, 5) is 23.9. The number of hydrogen-bond acceptors (Lipinski definition) is 3. The molecule has 7 heteroatoms. The third kappa shape index (κ3) is 5.66. The number of hydrogen-bond donors (Lipinski definition) is 2. The lowest BCUT2D eigenvalue weighted by atomic mass is 10.0. The number of benzene rings is 2. The lowest BCUT2D eigenvalue weighted by Gasteiger charge is -2.18. The van der Waals surface area contributed by atoms with Gasteiger partial charge in [-0.15, -0.1) is 0 Å². The first kappa shape index (κ1) is 19.1. The topological polar surface area (TPSA) is 67.4 Å². The van der Waals surface area contributed by atoms with Gasteiger partial charge >= 0.3 is 0 Å². The van der Waals surface area contributed by atoms with Gasteiger partial charge in [-0.2, -0.15) is 0 Å². The molecule has 0 heterocycles. The quantitative estimate of drug-likeness (QED) is 0.788. The third-order valence-electron chi connectivity index (χ3n) is 3.49. The summed E-state index contributed by atoms with van der Waals surface area (Å²) in [6.07, 6.45) is 0.0503. The highest BCUT2D eigenvalue weighted by molar-refractivity contribution is 6.35. The smallest absolute Gasteiger partial charge is 0.226 e. The van der Waals surface area contributed by atoms with E-state index in [2.05, 4.69) is 10.6 Å². The van der Waals surface area contributed by atoms with E-state index >= 15 is 0 Å². The fraction of sp³-hybridized carbons (Fsp3) is 0.222. The zero-order chi connectivity index (χ0) is 18.4. The van der Waals surface area contributed by atoms with Crippen LogP contribution in [-0.4, -0.2) is 18.9 Å². The molecule has 2 rings (SSSR count). The summed E-state index contributed by atoms with van der Waals surface area (Å²) in [5.74, 6) is 0.175. The highest BCUT2D eigenvalue weighted by atomic mass is 35.5. The zero-order valence-electron chi connectivity index (χ0n) is 13.8. The van der Waals surface area contributed by atoms with Gasteiger partial charge in [0.2, 0.25) is 11.8 Å². The second kappa shape index (κ2) is 8.74. The molecule has 132 valence electrons. The Morgan fingerprint density at radius 1 is 1.12 bits per heavy atom. The second-order valence-electron chi connectivity index (χ2n) is 5.40. The maximum Gasteiger partial charge on any atom is 0.226 e. The Kier molecular flexibility index (Phi) is 6.67. The van der Waals surface area contributed by atoms with E-state index in [-0.39, 0.29) is 18.2 Å². The second-order valence-corrected chi connectivity index (χ2v) is 6.25. The fourth-order valence-corrected chi connectivity index (χ4v) is 2.65. The van der Waals surface area contributed by atoms with Crippen LogP contribution in [0.1, 0.15) is 24.9 Å². The van der Waals surface area contributed by atoms with E-state index in [1.807, 2.05) is 0 Å². The highest BCUT2D eigenvalue weighted by Crippen LogP contribution is 2.26. The standard InChI is InChI=1S/C18H18Cl2N2O3/c1-11(23)21-16(12-3-6-14(25-2)7-4-12)10-18(24)22-17-9-13(19)5-8-15(17)20/h3-9,16H,10H2,1-2H3,(H,21,23)(H,22,24)/t16-/m1/s1. The summed E-state index contributed by atoms with van der Waals surface area (Å²) in [5, 5.41) is 6.35. The first-order valence-corrected chi connectivity index (χ1v) is 8.30. The summed E-state index contributed by atoms with van der Waals surface area (Å²) >= 11 is 12.0. The average Bonchev–Trinajstić information content (AvgIpc) is 2.57. The van der Waals surface area contributed by atoms with Crippen LogP contribution >= 0.6 is 23.2 Å². The molecule has 2 amide bonds.